The smallest absolute Gasteiger partial charge is 0.229 e. The van der Waals surface area contributed by atoms with Crippen LogP contribution in [0.4, 0.5) is 17.6 Å². The van der Waals surface area contributed by atoms with Crippen molar-refractivity contribution < 1.29 is 0 Å². The molecule has 1 aromatic heterocycles. The van der Waals surface area contributed by atoms with Crippen molar-refractivity contribution in [2.45, 2.75) is 26.7 Å². The minimum atomic E-state index is 0.878. The Morgan fingerprint density at radius 2 is 1.50 bits per heavy atom. The largest absolute Gasteiger partial charge is 0.356 e. The van der Waals surface area contributed by atoms with E-state index < -0.39 is 0 Å². The molecule has 1 N–H and O–H groups in total. The van der Waals surface area contributed by atoms with Crippen LogP contribution in [0.15, 0.2) is 6.07 Å². The number of aromatic nitrogens is 2. The third kappa shape index (κ3) is 3.27. The highest BCUT2D eigenvalue weighted by Crippen LogP contribution is 2.25. The summed E-state index contributed by atoms with van der Waals surface area (Å²) < 4.78 is 0. The van der Waals surface area contributed by atoms with Crippen LogP contribution in [0.2, 0.25) is 0 Å². The summed E-state index contributed by atoms with van der Waals surface area (Å²) in [6.07, 6.45) is 2.54. The third-order valence-corrected chi connectivity index (χ3v) is 4.60. The maximum Gasteiger partial charge on any atom is 0.229 e. The summed E-state index contributed by atoms with van der Waals surface area (Å²) in [6, 6.07) is 2.18. The molecular weight excluding hydrogens is 276 g/mol. The molecule has 2 aliphatic rings. The Hall–Kier alpha value is -1.56. The van der Waals surface area contributed by atoms with Crippen LogP contribution < -0.4 is 20.0 Å². The van der Waals surface area contributed by atoms with Gasteiger partial charge in [0.05, 0.1) is 0 Å². The summed E-state index contributed by atoms with van der Waals surface area (Å²) in [6.45, 7) is 12.6. The summed E-state index contributed by atoms with van der Waals surface area (Å²) in [7, 11) is 0. The highest BCUT2D eigenvalue weighted by atomic mass is 15.3. The van der Waals surface area contributed by atoms with E-state index in [0.29, 0.717) is 0 Å². The van der Waals surface area contributed by atoms with E-state index in [4.69, 9.17) is 9.97 Å². The Balaban J connectivity index is 1.92. The minimum absolute atomic E-state index is 0.878. The second-order valence-electron chi connectivity index (χ2n) is 5.99. The first-order valence-corrected chi connectivity index (χ1v) is 8.66. The molecule has 0 spiro atoms. The standard InChI is InChI=1S/C16H28N6/c1-3-20(4-2)16-18-14(21-9-5-6-10-21)13-15(19-16)22-11-7-17-8-12-22/h13,17H,3-12H2,1-2H3. The van der Waals surface area contributed by atoms with Crippen LogP contribution in [0.5, 0.6) is 0 Å². The predicted molar refractivity (Wildman–Crippen MR) is 92.1 cm³/mol. The summed E-state index contributed by atoms with van der Waals surface area (Å²) in [4.78, 5) is 16.7. The van der Waals surface area contributed by atoms with Crippen molar-refractivity contribution in [3.05, 3.63) is 6.07 Å². The van der Waals surface area contributed by atoms with Crippen molar-refractivity contribution in [1.29, 1.82) is 0 Å². The van der Waals surface area contributed by atoms with Crippen molar-refractivity contribution in [2.24, 2.45) is 0 Å². The maximum absolute atomic E-state index is 4.86. The quantitative estimate of drug-likeness (QED) is 0.886. The summed E-state index contributed by atoms with van der Waals surface area (Å²) in [5, 5.41) is 3.41. The average molecular weight is 304 g/mol. The monoisotopic (exact) mass is 304 g/mol. The molecule has 0 bridgehead atoms. The zero-order chi connectivity index (χ0) is 15.4. The molecule has 6 nitrogen and oxygen atoms in total. The van der Waals surface area contributed by atoms with Gasteiger partial charge in [0, 0.05) is 58.4 Å². The molecule has 1 aromatic rings. The molecule has 0 radical (unpaired) electrons. The molecule has 3 rings (SSSR count). The van der Waals surface area contributed by atoms with Gasteiger partial charge in [0.15, 0.2) is 0 Å². The number of nitrogens with zero attached hydrogens (tertiary/aromatic N) is 5. The number of rotatable bonds is 5. The Morgan fingerprint density at radius 1 is 0.955 bits per heavy atom. The van der Waals surface area contributed by atoms with Gasteiger partial charge in [-0.3, -0.25) is 0 Å². The molecule has 2 aliphatic heterocycles. The van der Waals surface area contributed by atoms with E-state index >= 15 is 0 Å². The molecule has 2 saturated heterocycles. The normalized spacial score (nSPS) is 18.8. The molecule has 0 unspecified atom stereocenters. The van der Waals surface area contributed by atoms with Gasteiger partial charge in [-0.05, 0) is 26.7 Å². The maximum atomic E-state index is 4.86. The summed E-state index contributed by atoms with van der Waals surface area (Å²) in [5.74, 6) is 3.06. The molecule has 122 valence electrons. The lowest BCUT2D eigenvalue weighted by atomic mass is 10.3. The number of hydrogen-bond acceptors (Lipinski definition) is 6. The fourth-order valence-electron chi connectivity index (χ4n) is 3.22. The van der Waals surface area contributed by atoms with Gasteiger partial charge in [0.2, 0.25) is 5.95 Å². The topological polar surface area (TPSA) is 47.5 Å². The Labute approximate surface area is 133 Å². The van der Waals surface area contributed by atoms with Gasteiger partial charge in [-0.1, -0.05) is 0 Å². The fourth-order valence-corrected chi connectivity index (χ4v) is 3.22. The van der Waals surface area contributed by atoms with E-state index in [1.54, 1.807) is 0 Å². The van der Waals surface area contributed by atoms with E-state index in [9.17, 15) is 0 Å². The second-order valence-corrected chi connectivity index (χ2v) is 5.99. The van der Waals surface area contributed by atoms with Crippen molar-refractivity contribution in [3.8, 4) is 0 Å². The molecule has 6 heteroatoms. The Kier molecular flexibility index (Phi) is 4.97. The molecular formula is C16H28N6. The molecule has 0 aliphatic carbocycles. The lowest BCUT2D eigenvalue weighted by molar-refractivity contribution is 0.584. The first-order valence-electron chi connectivity index (χ1n) is 8.66. The predicted octanol–water partition coefficient (Wildman–Crippen LogP) is 1.33. The van der Waals surface area contributed by atoms with Gasteiger partial charge in [-0.2, -0.15) is 9.97 Å². The summed E-state index contributed by atoms with van der Waals surface area (Å²) in [5.41, 5.74) is 0. The van der Waals surface area contributed by atoms with Crippen LogP contribution in [0, 0.1) is 0 Å². The highest BCUT2D eigenvalue weighted by molar-refractivity contribution is 5.56. The van der Waals surface area contributed by atoms with E-state index in [1.165, 1.54) is 12.8 Å². The number of nitrogens with one attached hydrogen (secondary N) is 1. The van der Waals surface area contributed by atoms with Crippen molar-refractivity contribution in [2.75, 3.05) is 67.1 Å². The lowest BCUT2D eigenvalue weighted by Gasteiger charge is -2.30. The van der Waals surface area contributed by atoms with E-state index in [-0.39, 0.29) is 0 Å². The van der Waals surface area contributed by atoms with Crippen LogP contribution in [0.3, 0.4) is 0 Å². The molecule has 0 atom stereocenters. The molecule has 22 heavy (non-hydrogen) atoms. The second kappa shape index (κ2) is 7.13. The SMILES string of the molecule is CCN(CC)c1nc(N2CCCC2)cc(N2CCNCC2)n1. The number of hydrogen-bond donors (Lipinski definition) is 1. The lowest BCUT2D eigenvalue weighted by Crippen LogP contribution is -2.44. The Bertz CT molecular complexity index is 455. The zero-order valence-electron chi connectivity index (χ0n) is 13.9. The molecule has 3 heterocycles. The molecule has 0 amide bonds. The van der Waals surface area contributed by atoms with E-state index in [0.717, 1.165) is 69.9 Å². The van der Waals surface area contributed by atoms with Gasteiger partial charge >= 0.3 is 0 Å². The number of anilines is 3. The molecule has 2 fully saturated rings. The van der Waals surface area contributed by atoms with Crippen LogP contribution in [-0.2, 0) is 0 Å². The van der Waals surface area contributed by atoms with Crippen molar-refractivity contribution >= 4 is 17.6 Å². The zero-order valence-corrected chi connectivity index (χ0v) is 13.9. The Morgan fingerprint density at radius 3 is 2.05 bits per heavy atom. The van der Waals surface area contributed by atoms with Crippen LogP contribution in [0.1, 0.15) is 26.7 Å². The first kappa shape index (κ1) is 15.3. The highest BCUT2D eigenvalue weighted by Gasteiger charge is 2.20. The van der Waals surface area contributed by atoms with Gasteiger partial charge in [-0.15, -0.1) is 0 Å². The van der Waals surface area contributed by atoms with E-state index in [2.05, 4.69) is 39.9 Å². The summed E-state index contributed by atoms with van der Waals surface area (Å²) >= 11 is 0. The van der Waals surface area contributed by atoms with Gasteiger partial charge in [0.1, 0.15) is 11.6 Å². The van der Waals surface area contributed by atoms with Crippen molar-refractivity contribution in [3.63, 3.8) is 0 Å². The van der Waals surface area contributed by atoms with Crippen LogP contribution >= 0.6 is 0 Å². The molecule has 0 aromatic carbocycles. The first-order chi connectivity index (χ1) is 10.8. The fraction of sp³-hybridized carbons (Fsp3) is 0.750. The third-order valence-electron chi connectivity index (χ3n) is 4.60. The number of piperazine rings is 1. The van der Waals surface area contributed by atoms with E-state index in [1.807, 2.05) is 0 Å². The van der Waals surface area contributed by atoms with Gasteiger partial charge in [0.25, 0.3) is 0 Å². The van der Waals surface area contributed by atoms with Crippen LogP contribution in [-0.4, -0.2) is 62.3 Å². The van der Waals surface area contributed by atoms with Gasteiger partial charge in [-0.25, -0.2) is 0 Å². The van der Waals surface area contributed by atoms with Crippen LogP contribution in [0.25, 0.3) is 0 Å². The minimum Gasteiger partial charge on any atom is -0.356 e. The van der Waals surface area contributed by atoms with Gasteiger partial charge < -0.3 is 20.0 Å². The van der Waals surface area contributed by atoms with Crippen molar-refractivity contribution in [1.82, 2.24) is 15.3 Å². The molecule has 0 saturated carbocycles. The average Bonchev–Trinajstić information content (AvgIpc) is 3.11.